The van der Waals surface area contributed by atoms with Crippen LogP contribution in [0.2, 0.25) is 0 Å². The maximum atomic E-state index is 11.4. The largest absolute Gasteiger partial charge is 0.550 e. The van der Waals surface area contributed by atoms with Crippen LogP contribution in [0.1, 0.15) is 19.8 Å². The van der Waals surface area contributed by atoms with Crippen LogP contribution < -0.4 is 5.11 Å². The summed E-state index contributed by atoms with van der Waals surface area (Å²) in [5, 5.41) is 10.6. The predicted octanol–water partition coefficient (Wildman–Crippen LogP) is -1.20. The molecule has 1 fully saturated rings. The van der Waals surface area contributed by atoms with E-state index in [-0.39, 0.29) is 12.3 Å². The number of piperidine rings is 1. The first-order chi connectivity index (χ1) is 6.47. The molecule has 0 amide bonds. The highest BCUT2D eigenvalue weighted by atomic mass is 32.2. The number of sulfonamides is 1. The van der Waals surface area contributed by atoms with Gasteiger partial charge in [0.2, 0.25) is 10.0 Å². The number of carbonyl (C=O) groups is 1. The van der Waals surface area contributed by atoms with Gasteiger partial charge in [-0.25, -0.2) is 12.7 Å². The molecule has 1 aliphatic rings. The molecule has 1 saturated heterocycles. The van der Waals surface area contributed by atoms with Gasteiger partial charge in [0.1, 0.15) is 0 Å². The topological polar surface area (TPSA) is 77.5 Å². The zero-order chi connectivity index (χ0) is 10.8. The SMILES string of the molecule is CCS(=O)(=O)N1CCCC(C(=O)[O-])C1. The van der Waals surface area contributed by atoms with Crippen LogP contribution in [0, 0.1) is 5.92 Å². The third kappa shape index (κ3) is 2.45. The van der Waals surface area contributed by atoms with Crippen molar-refractivity contribution >= 4 is 16.0 Å². The highest BCUT2D eigenvalue weighted by Gasteiger charge is 2.27. The summed E-state index contributed by atoms with van der Waals surface area (Å²) < 4.78 is 24.1. The molecule has 1 atom stereocenters. The minimum Gasteiger partial charge on any atom is -0.550 e. The van der Waals surface area contributed by atoms with Gasteiger partial charge in [0, 0.05) is 25.0 Å². The molecule has 1 aliphatic heterocycles. The number of aliphatic carboxylic acids is 1. The smallest absolute Gasteiger partial charge is 0.213 e. The van der Waals surface area contributed by atoms with Gasteiger partial charge in [0.05, 0.1) is 5.75 Å². The van der Waals surface area contributed by atoms with Gasteiger partial charge in [-0.1, -0.05) is 0 Å². The molecule has 0 spiro atoms. The molecule has 1 unspecified atom stereocenters. The normalized spacial score (nSPS) is 24.8. The van der Waals surface area contributed by atoms with Crippen LogP contribution >= 0.6 is 0 Å². The standard InChI is InChI=1S/C8H15NO4S/c1-2-14(12,13)9-5-3-4-7(6-9)8(10)11/h7H,2-6H2,1H3,(H,10,11)/p-1. The number of nitrogens with zero attached hydrogens (tertiary/aromatic N) is 1. The van der Waals surface area contributed by atoms with Crippen LogP contribution in [-0.2, 0) is 14.8 Å². The second kappa shape index (κ2) is 4.27. The Hall–Kier alpha value is -0.620. The van der Waals surface area contributed by atoms with Crippen molar-refractivity contribution in [3.05, 3.63) is 0 Å². The number of carboxylic acid groups (broad SMARTS) is 1. The fraction of sp³-hybridized carbons (Fsp3) is 0.875. The minimum atomic E-state index is -3.25. The molecule has 0 N–H and O–H groups in total. The van der Waals surface area contributed by atoms with Gasteiger partial charge in [-0.3, -0.25) is 0 Å². The van der Waals surface area contributed by atoms with E-state index < -0.39 is 21.9 Å². The molecule has 0 aromatic rings. The van der Waals surface area contributed by atoms with E-state index in [2.05, 4.69) is 0 Å². The number of hydrogen-bond donors (Lipinski definition) is 0. The first-order valence-electron chi connectivity index (χ1n) is 4.66. The molecule has 0 aromatic carbocycles. The zero-order valence-corrected chi connectivity index (χ0v) is 8.92. The van der Waals surface area contributed by atoms with Gasteiger partial charge in [-0.2, -0.15) is 0 Å². The molecule has 0 saturated carbocycles. The average Bonchev–Trinajstić information content (AvgIpc) is 2.18. The van der Waals surface area contributed by atoms with Gasteiger partial charge < -0.3 is 9.90 Å². The number of carbonyl (C=O) groups excluding carboxylic acids is 1. The van der Waals surface area contributed by atoms with Crippen molar-refractivity contribution in [2.75, 3.05) is 18.8 Å². The van der Waals surface area contributed by atoms with E-state index in [1.54, 1.807) is 6.92 Å². The van der Waals surface area contributed by atoms with Crippen LogP contribution in [0.25, 0.3) is 0 Å². The van der Waals surface area contributed by atoms with E-state index in [1.165, 1.54) is 4.31 Å². The van der Waals surface area contributed by atoms with Crippen molar-refractivity contribution < 1.29 is 18.3 Å². The van der Waals surface area contributed by atoms with E-state index in [0.717, 1.165) is 0 Å². The summed E-state index contributed by atoms with van der Waals surface area (Å²) in [4.78, 5) is 10.6. The molecular formula is C8H14NO4S-. The van der Waals surface area contributed by atoms with Gasteiger partial charge in [0.25, 0.3) is 0 Å². The minimum absolute atomic E-state index is 0.0206. The van der Waals surface area contributed by atoms with Crippen molar-refractivity contribution in [2.45, 2.75) is 19.8 Å². The molecule has 6 heteroatoms. The van der Waals surface area contributed by atoms with Crippen molar-refractivity contribution in [3.63, 3.8) is 0 Å². The molecule has 0 aliphatic carbocycles. The van der Waals surface area contributed by atoms with E-state index in [4.69, 9.17) is 0 Å². The second-order valence-electron chi connectivity index (χ2n) is 3.42. The summed E-state index contributed by atoms with van der Waals surface area (Å²) in [6, 6.07) is 0. The third-order valence-corrected chi connectivity index (χ3v) is 4.32. The summed E-state index contributed by atoms with van der Waals surface area (Å²) in [6.45, 7) is 2.05. The first-order valence-corrected chi connectivity index (χ1v) is 6.27. The van der Waals surface area contributed by atoms with E-state index in [9.17, 15) is 18.3 Å². The lowest BCUT2D eigenvalue weighted by Gasteiger charge is -2.31. The Morgan fingerprint density at radius 3 is 2.71 bits per heavy atom. The molecule has 0 bridgehead atoms. The monoisotopic (exact) mass is 220 g/mol. The highest BCUT2D eigenvalue weighted by Crippen LogP contribution is 2.18. The van der Waals surface area contributed by atoms with Crippen LogP contribution in [0.5, 0.6) is 0 Å². The quantitative estimate of drug-likeness (QED) is 0.598. The maximum absolute atomic E-state index is 11.4. The van der Waals surface area contributed by atoms with E-state index in [0.29, 0.717) is 19.4 Å². The molecule has 0 radical (unpaired) electrons. The van der Waals surface area contributed by atoms with E-state index in [1.807, 2.05) is 0 Å². The fourth-order valence-corrected chi connectivity index (χ4v) is 2.75. The number of carboxylic acids is 1. The van der Waals surface area contributed by atoms with Crippen molar-refractivity contribution in [3.8, 4) is 0 Å². The molecule has 1 rings (SSSR count). The lowest BCUT2D eigenvalue weighted by Crippen LogP contribution is -2.46. The van der Waals surface area contributed by atoms with Crippen molar-refractivity contribution in [1.82, 2.24) is 4.31 Å². The summed E-state index contributed by atoms with van der Waals surface area (Å²) in [7, 11) is -3.25. The lowest BCUT2D eigenvalue weighted by atomic mass is 10.0. The van der Waals surface area contributed by atoms with Crippen molar-refractivity contribution in [1.29, 1.82) is 0 Å². The summed E-state index contributed by atoms with van der Waals surface area (Å²) in [6.07, 6.45) is 1.11. The Balaban J connectivity index is 2.70. The molecule has 82 valence electrons. The Bertz CT molecular complexity index is 311. The fourth-order valence-electron chi connectivity index (χ4n) is 1.57. The Morgan fingerprint density at radius 1 is 1.57 bits per heavy atom. The highest BCUT2D eigenvalue weighted by molar-refractivity contribution is 7.89. The number of hydrogen-bond acceptors (Lipinski definition) is 4. The van der Waals surface area contributed by atoms with Gasteiger partial charge in [-0.15, -0.1) is 0 Å². The first kappa shape index (κ1) is 11.5. The second-order valence-corrected chi connectivity index (χ2v) is 5.67. The summed E-state index contributed by atoms with van der Waals surface area (Å²) >= 11 is 0. The summed E-state index contributed by atoms with van der Waals surface area (Å²) in [5.41, 5.74) is 0. The van der Waals surface area contributed by atoms with Crippen LogP contribution in [-0.4, -0.2) is 37.5 Å². The third-order valence-electron chi connectivity index (χ3n) is 2.48. The lowest BCUT2D eigenvalue weighted by molar-refractivity contribution is -0.312. The van der Waals surface area contributed by atoms with Gasteiger partial charge in [-0.05, 0) is 19.8 Å². The van der Waals surface area contributed by atoms with Crippen LogP contribution in [0.3, 0.4) is 0 Å². The number of rotatable bonds is 3. The Labute approximate surface area is 83.8 Å². The Kier molecular flexibility index (Phi) is 3.49. The molecule has 14 heavy (non-hydrogen) atoms. The predicted molar refractivity (Wildman–Crippen MR) is 48.8 cm³/mol. The average molecular weight is 220 g/mol. The summed E-state index contributed by atoms with van der Waals surface area (Å²) in [5.74, 6) is -1.78. The Morgan fingerprint density at radius 2 is 2.21 bits per heavy atom. The molecule has 1 heterocycles. The van der Waals surface area contributed by atoms with Crippen molar-refractivity contribution in [2.24, 2.45) is 5.92 Å². The molecular weight excluding hydrogens is 206 g/mol. The van der Waals surface area contributed by atoms with Crippen LogP contribution in [0.4, 0.5) is 0 Å². The van der Waals surface area contributed by atoms with Gasteiger partial charge >= 0.3 is 0 Å². The van der Waals surface area contributed by atoms with Gasteiger partial charge in [0.15, 0.2) is 0 Å². The maximum Gasteiger partial charge on any atom is 0.213 e. The molecule has 0 aromatic heterocycles. The van der Waals surface area contributed by atoms with E-state index >= 15 is 0 Å². The van der Waals surface area contributed by atoms with Crippen LogP contribution in [0.15, 0.2) is 0 Å². The zero-order valence-electron chi connectivity index (χ0n) is 8.10. The molecule has 5 nitrogen and oxygen atoms in total.